The fraction of sp³-hybridized carbons (Fsp3) is 0.286. The third-order valence-corrected chi connectivity index (χ3v) is 7.20. The molecule has 0 aromatic carbocycles. The van der Waals surface area contributed by atoms with E-state index >= 15 is 0 Å². The molecule has 0 aliphatic carbocycles. The lowest BCUT2D eigenvalue weighted by molar-refractivity contribution is -0.155. The van der Waals surface area contributed by atoms with E-state index in [0.717, 1.165) is 39.5 Å². The van der Waals surface area contributed by atoms with Gasteiger partial charge in [0, 0.05) is 16.4 Å². The van der Waals surface area contributed by atoms with Gasteiger partial charge in [-0.3, -0.25) is 14.5 Å². The molecule has 1 saturated heterocycles. The summed E-state index contributed by atoms with van der Waals surface area (Å²) in [5.41, 5.74) is 4.79. The predicted octanol–water partition coefficient (Wildman–Crippen LogP) is 0.381. The quantitative estimate of drug-likeness (QED) is 0.184. The van der Waals surface area contributed by atoms with Crippen molar-refractivity contribution in [1.82, 2.24) is 29.8 Å². The minimum absolute atomic E-state index is 0.0695. The van der Waals surface area contributed by atoms with E-state index in [2.05, 4.69) is 30.0 Å². The molecule has 2 aromatic rings. The predicted molar refractivity (Wildman–Crippen MR) is 110 cm³/mol. The van der Waals surface area contributed by atoms with Gasteiger partial charge in [-0.25, -0.2) is 4.79 Å². The zero-order valence-electron chi connectivity index (χ0n) is 15.1. The summed E-state index contributed by atoms with van der Waals surface area (Å²) in [6.07, 6.45) is 0.741. The molecule has 5 N–H and O–H groups in total. The van der Waals surface area contributed by atoms with Crippen LogP contribution in [0.4, 0.5) is 5.13 Å². The van der Waals surface area contributed by atoms with Crippen LogP contribution in [0.2, 0.25) is 4.47 Å². The number of amides is 2. The third-order valence-electron chi connectivity index (χ3n) is 4.44. The summed E-state index contributed by atoms with van der Waals surface area (Å²) in [6, 6.07) is -1.56. The van der Waals surface area contributed by atoms with Gasteiger partial charge < -0.3 is 21.4 Å². The van der Waals surface area contributed by atoms with Crippen molar-refractivity contribution in [2.75, 3.05) is 5.73 Å². The van der Waals surface area contributed by atoms with Gasteiger partial charge in [0.1, 0.15) is 11.7 Å². The van der Waals surface area contributed by atoms with Crippen LogP contribution in [-0.4, -0.2) is 70.3 Å². The standard InChI is InChI=1S/C14H11ClN8O5S3/c15-12-19-20-14(30-12)29-4-2-1-3-5(10(25)23(3)7(4)11(26)27)17-9(24)6(21-28)8-18-13(16)31-22-8/h3,5,28H,1-2H2,(H,17,24)(H,26,27)(H2,16,18,22)/b21-6-/t3-,5+/m1/s1. The van der Waals surface area contributed by atoms with Crippen molar-refractivity contribution in [2.24, 2.45) is 5.16 Å². The van der Waals surface area contributed by atoms with Gasteiger partial charge in [0.05, 0.1) is 6.04 Å². The summed E-state index contributed by atoms with van der Waals surface area (Å²) >= 11 is 8.75. The van der Waals surface area contributed by atoms with E-state index in [1.165, 1.54) is 0 Å². The first-order chi connectivity index (χ1) is 14.8. The Hall–Kier alpha value is -2.82. The Balaban J connectivity index is 1.52. The number of anilines is 1. The fourth-order valence-electron chi connectivity index (χ4n) is 3.20. The van der Waals surface area contributed by atoms with E-state index in [-0.39, 0.29) is 21.1 Å². The van der Waals surface area contributed by atoms with E-state index in [9.17, 15) is 19.5 Å². The molecule has 2 atom stereocenters. The largest absolute Gasteiger partial charge is 0.477 e. The smallest absolute Gasteiger partial charge is 0.353 e. The van der Waals surface area contributed by atoms with Crippen LogP contribution >= 0.6 is 46.2 Å². The summed E-state index contributed by atoms with van der Waals surface area (Å²) in [7, 11) is 0. The number of halogens is 1. The molecule has 0 bridgehead atoms. The average molecular weight is 503 g/mol. The first-order valence-electron chi connectivity index (χ1n) is 8.39. The van der Waals surface area contributed by atoms with Gasteiger partial charge in [-0.05, 0) is 24.4 Å². The molecule has 2 aliphatic heterocycles. The topological polar surface area (TPSA) is 197 Å². The first-order valence-corrected chi connectivity index (χ1v) is 11.2. The zero-order valence-corrected chi connectivity index (χ0v) is 18.3. The summed E-state index contributed by atoms with van der Waals surface area (Å²) in [5, 5.41) is 31.8. The molecule has 13 nitrogen and oxygen atoms in total. The lowest BCUT2D eigenvalue weighted by atomic mass is 9.86. The van der Waals surface area contributed by atoms with Crippen molar-refractivity contribution in [1.29, 1.82) is 0 Å². The number of oxime groups is 1. The molecule has 17 heteroatoms. The van der Waals surface area contributed by atoms with Gasteiger partial charge in [-0.2, -0.15) is 9.36 Å². The number of β-lactam (4-membered cyclic amide) rings is 1. The number of hydrogen-bond donors (Lipinski definition) is 4. The number of aliphatic carboxylic acids is 1. The van der Waals surface area contributed by atoms with Crippen LogP contribution in [0.1, 0.15) is 18.7 Å². The highest BCUT2D eigenvalue weighted by Crippen LogP contribution is 2.43. The molecule has 2 aromatic heterocycles. The average Bonchev–Trinajstić information content (AvgIpc) is 3.34. The van der Waals surface area contributed by atoms with Crippen LogP contribution in [0, 0.1) is 0 Å². The van der Waals surface area contributed by atoms with Gasteiger partial charge in [-0.15, -0.1) is 10.2 Å². The molecule has 2 amide bonds. The Morgan fingerprint density at radius 3 is 2.74 bits per heavy atom. The highest BCUT2D eigenvalue weighted by molar-refractivity contribution is 8.04. The van der Waals surface area contributed by atoms with Gasteiger partial charge in [0.25, 0.3) is 11.8 Å². The third kappa shape index (κ3) is 3.93. The Morgan fingerprint density at radius 2 is 2.16 bits per heavy atom. The number of thioether (sulfide) groups is 1. The molecule has 0 spiro atoms. The fourth-order valence-corrected chi connectivity index (χ4v) is 5.84. The van der Waals surface area contributed by atoms with Crippen molar-refractivity contribution in [3.8, 4) is 0 Å². The molecule has 0 unspecified atom stereocenters. The normalized spacial score (nSPS) is 21.0. The molecular formula is C14H11ClN8O5S3. The Kier molecular flexibility index (Phi) is 5.78. The van der Waals surface area contributed by atoms with Crippen molar-refractivity contribution >= 4 is 74.9 Å². The van der Waals surface area contributed by atoms with Crippen LogP contribution in [0.3, 0.4) is 0 Å². The number of carboxylic acids is 1. The number of hydrogen-bond acceptors (Lipinski definition) is 13. The summed E-state index contributed by atoms with van der Waals surface area (Å²) in [5.74, 6) is -2.95. The lowest BCUT2D eigenvalue weighted by Gasteiger charge is -2.49. The summed E-state index contributed by atoms with van der Waals surface area (Å²) in [6.45, 7) is 0. The first kappa shape index (κ1) is 21.4. The van der Waals surface area contributed by atoms with Crippen molar-refractivity contribution in [3.05, 3.63) is 20.9 Å². The molecule has 4 rings (SSSR count). The summed E-state index contributed by atoms with van der Waals surface area (Å²) < 4.78 is 4.47. The second kappa shape index (κ2) is 8.37. The number of aromatic nitrogens is 4. The molecule has 0 radical (unpaired) electrons. The van der Waals surface area contributed by atoms with E-state index in [0.29, 0.717) is 22.1 Å². The maximum absolute atomic E-state index is 12.7. The summed E-state index contributed by atoms with van der Waals surface area (Å²) in [4.78, 5) is 42.4. The van der Waals surface area contributed by atoms with E-state index in [4.69, 9.17) is 22.5 Å². The van der Waals surface area contributed by atoms with E-state index < -0.39 is 35.6 Å². The van der Waals surface area contributed by atoms with E-state index in [1.807, 2.05) is 0 Å². The van der Waals surface area contributed by atoms with Gasteiger partial charge >= 0.3 is 5.97 Å². The van der Waals surface area contributed by atoms with Crippen LogP contribution in [0.25, 0.3) is 0 Å². The SMILES string of the molecule is Nc1nc(/C(=N/O)C(=O)N[C@@H]2C(=O)N3C(C(=O)O)=C(Sc4nnc(Cl)s4)CC[C@H]23)ns1. The second-order valence-electron chi connectivity index (χ2n) is 6.17. The van der Waals surface area contributed by atoms with Crippen molar-refractivity contribution < 1.29 is 24.7 Å². The Labute approximate surface area is 190 Å². The van der Waals surface area contributed by atoms with Gasteiger partial charge in [0.15, 0.2) is 9.47 Å². The number of fused-ring (bicyclic) bond motifs is 1. The number of nitrogens with two attached hydrogens (primary N) is 1. The van der Waals surface area contributed by atoms with Crippen molar-refractivity contribution in [2.45, 2.75) is 29.3 Å². The van der Waals surface area contributed by atoms with Crippen LogP contribution < -0.4 is 11.1 Å². The highest BCUT2D eigenvalue weighted by atomic mass is 35.5. The molecule has 2 aliphatic rings. The number of carboxylic acid groups (broad SMARTS) is 1. The number of nitrogens with one attached hydrogen (secondary N) is 1. The molecule has 0 saturated carbocycles. The molecule has 4 heterocycles. The molecule has 1 fully saturated rings. The maximum atomic E-state index is 12.7. The number of carbonyl (C=O) groups excluding carboxylic acids is 2. The minimum Gasteiger partial charge on any atom is -0.477 e. The monoisotopic (exact) mass is 502 g/mol. The highest BCUT2D eigenvalue weighted by Gasteiger charge is 2.54. The molecule has 162 valence electrons. The Bertz CT molecular complexity index is 1150. The maximum Gasteiger partial charge on any atom is 0.353 e. The van der Waals surface area contributed by atoms with Crippen molar-refractivity contribution in [3.63, 3.8) is 0 Å². The minimum atomic E-state index is -1.28. The number of carbonyl (C=O) groups is 3. The van der Waals surface area contributed by atoms with Gasteiger partial charge in [-0.1, -0.05) is 28.3 Å². The van der Waals surface area contributed by atoms with Gasteiger partial charge in [0.2, 0.25) is 16.0 Å². The van der Waals surface area contributed by atoms with Crippen LogP contribution in [0.5, 0.6) is 0 Å². The Morgan fingerprint density at radius 1 is 1.39 bits per heavy atom. The molecule has 31 heavy (non-hydrogen) atoms. The molecular weight excluding hydrogens is 492 g/mol. The van der Waals surface area contributed by atoms with Crippen LogP contribution in [0.15, 0.2) is 20.1 Å². The van der Waals surface area contributed by atoms with Crippen LogP contribution in [-0.2, 0) is 14.4 Å². The lowest BCUT2D eigenvalue weighted by Crippen LogP contribution is -2.72. The van der Waals surface area contributed by atoms with E-state index in [1.54, 1.807) is 0 Å². The second-order valence-corrected chi connectivity index (χ2v) is 9.86. The zero-order chi connectivity index (χ0) is 22.3. The number of nitrogen functional groups attached to an aromatic ring is 1. The number of rotatable bonds is 6. The number of nitrogens with zero attached hydrogens (tertiary/aromatic N) is 6. The number of allylic oxidation sites excluding steroid dienone is 1.